The lowest BCUT2D eigenvalue weighted by Crippen LogP contribution is -1.99. The highest BCUT2D eigenvalue weighted by Crippen LogP contribution is 2.38. The molecular weight excluding hydrogens is 558 g/mol. The van der Waals surface area contributed by atoms with Crippen LogP contribution in [-0.4, -0.2) is 9.13 Å². The van der Waals surface area contributed by atoms with E-state index in [0.29, 0.717) is 0 Å². The molecule has 1 N–H and O–H groups in total. The number of aryl methyl sites for hydroxylation is 1. The van der Waals surface area contributed by atoms with E-state index in [4.69, 9.17) is 0 Å². The van der Waals surface area contributed by atoms with E-state index in [0.717, 1.165) is 22.7 Å². The van der Waals surface area contributed by atoms with Crippen LogP contribution < -0.4 is 5.32 Å². The molecule has 0 saturated carbocycles. The number of nitrogens with one attached hydrogen (secondary N) is 1. The Bertz CT molecular complexity index is 2530. The van der Waals surface area contributed by atoms with E-state index >= 15 is 0 Å². The zero-order chi connectivity index (χ0) is 30.6. The third-order valence-corrected chi connectivity index (χ3v) is 9.24. The first-order chi connectivity index (χ1) is 22.7. The summed E-state index contributed by atoms with van der Waals surface area (Å²) in [5, 5.41) is 8.77. The monoisotopic (exact) mass is 589 g/mol. The molecule has 9 rings (SSSR count). The largest absolute Gasteiger partial charge is 0.355 e. The van der Waals surface area contributed by atoms with Crippen molar-refractivity contribution in [2.75, 3.05) is 5.32 Å². The van der Waals surface area contributed by atoms with Gasteiger partial charge in [-0.3, -0.25) is 0 Å². The molecule has 0 bridgehead atoms. The summed E-state index contributed by atoms with van der Waals surface area (Å²) in [5.74, 6) is 0. The minimum atomic E-state index is 1.04. The molecule has 0 saturated heterocycles. The van der Waals surface area contributed by atoms with Crippen LogP contribution in [0, 0.1) is 6.92 Å². The molecule has 0 amide bonds. The van der Waals surface area contributed by atoms with Crippen LogP contribution in [0.2, 0.25) is 0 Å². The predicted octanol–water partition coefficient (Wildman–Crippen LogP) is 11.6. The van der Waals surface area contributed by atoms with E-state index in [2.05, 4.69) is 185 Å². The fraction of sp³-hybridized carbons (Fsp3) is 0.0233. The summed E-state index contributed by atoms with van der Waals surface area (Å²) in [6.45, 7) is 2.17. The topological polar surface area (TPSA) is 21.9 Å². The van der Waals surface area contributed by atoms with Gasteiger partial charge in [0, 0.05) is 49.9 Å². The molecule has 9 aromatic rings. The minimum Gasteiger partial charge on any atom is -0.355 e. The third kappa shape index (κ3) is 4.13. The molecule has 0 aliphatic heterocycles. The number of hydrogen-bond acceptors (Lipinski definition) is 1. The molecule has 46 heavy (non-hydrogen) atoms. The Morgan fingerprint density at radius 1 is 0.391 bits per heavy atom. The fourth-order valence-corrected chi connectivity index (χ4v) is 7.16. The van der Waals surface area contributed by atoms with Crippen LogP contribution in [0.4, 0.5) is 11.4 Å². The molecule has 0 atom stereocenters. The molecule has 3 nitrogen and oxygen atoms in total. The van der Waals surface area contributed by atoms with Gasteiger partial charge < -0.3 is 14.5 Å². The Kier molecular flexibility index (Phi) is 6.04. The van der Waals surface area contributed by atoms with E-state index < -0.39 is 0 Å². The van der Waals surface area contributed by atoms with Gasteiger partial charge in [-0.25, -0.2) is 0 Å². The van der Waals surface area contributed by atoms with Crippen molar-refractivity contribution in [1.82, 2.24) is 9.13 Å². The predicted molar refractivity (Wildman–Crippen MR) is 195 cm³/mol. The number of nitrogens with zero attached hydrogens (tertiary/aromatic N) is 2. The van der Waals surface area contributed by atoms with Crippen molar-refractivity contribution < 1.29 is 0 Å². The summed E-state index contributed by atoms with van der Waals surface area (Å²) < 4.78 is 4.80. The average molecular weight is 590 g/mol. The Labute approximate surface area is 267 Å². The Morgan fingerprint density at radius 3 is 1.59 bits per heavy atom. The number of para-hydroxylation sites is 4. The van der Waals surface area contributed by atoms with E-state index in [9.17, 15) is 0 Å². The molecule has 0 aliphatic rings. The van der Waals surface area contributed by atoms with Crippen LogP contribution in [0.25, 0.3) is 66.1 Å². The van der Waals surface area contributed by atoms with E-state index in [1.807, 2.05) is 0 Å². The lowest BCUT2D eigenvalue weighted by Gasteiger charge is -2.16. The van der Waals surface area contributed by atoms with Crippen molar-refractivity contribution in [3.8, 4) is 22.5 Å². The molecule has 218 valence electrons. The van der Waals surface area contributed by atoms with Crippen LogP contribution in [0.15, 0.2) is 164 Å². The van der Waals surface area contributed by atoms with Gasteiger partial charge in [-0.1, -0.05) is 109 Å². The van der Waals surface area contributed by atoms with Gasteiger partial charge >= 0.3 is 0 Å². The van der Waals surface area contributed by atoms with Gasteiger partial charge in [-0.15, -0.1) is 0 Å². The number of hydrogen-bond donors (Lipinski definition) is 1. The highest BCUT2D eigenvalue weighted by Gasteiger charge is 2.17. The number of benzene rings is 7. The maximum absolute atomic E-state index is 3.75. The lowest BCUT2D eigenvalue weighted by atomic mass is 9.99. The quantitative estimate of drug-likeness (QED) is 0.212. The SMILES string of the molecule is Cc1ccccc1-c1ccccc1Nc1cccc(-n2c3ccccc3c3ccc(-n4c5ccccc5c5ccccc54)cc32)c1. The van der Waals surface area contributed by atoms with Crippen molar-refractivity contribution in [3.05, 3.63) is 169 Å². The summed E-state index contributed by atoms with van der Waals surface area (Å²) in [4.78, 5) is 0. The minimum absolute atomic E-state index is 1.04. The maximum Gasteiger partial charge on any atom is 0.0561 e. The average Bonchev–Trinajstić information content (AvgIpc) is 3.62. The first-order valence-corrected chi connectivity index (χ1v) is 15.8. The molecular formula is C43H31N3. The van der Waals surface area contributed by atoms with Gasteiger partial charge in [0.1, 0.15) is 0 Å². The third-order valence-electron chi connectivity index (χ3n) is 9.24. The zero-order valence-electron chi connectivity index (χ0n) is 25.5. The van der Waals surface area contributed by atoms with Crippen LogP contribution in [-0.2, 0) is 0 Å². The Balaban J connectivity index is 1.22. The van der Waals surface area contributed by atoms with Gasteiger partial charge in [0.05, 0.1) is 22.1 Å². The summed E-state index contributed by atoms with van der Waals surface area (Å²) in [5.41, 5.74) is 12.9. The molecule has 2 aromatic heterocycles. The number of anilines is 2. The molecule has 0 unspecified atom stereocenters. The zero-order valence-corrected chi connectivity index (χ0v) is 25.5. The smallest absolute Gasteiger partial charge is 0.0561 e. The van der Waals surface area contributed by atoms with E-state index in [1.165, 1.54) is 60.3 Å². The molecule has 3 heteroatoms. The first-order valence-electron chi connectivity index (χ1n) is 15.8. The van der Waals surface area contributed by atoms with E-state index in [1.54, 1.807) is 0 Å². The number of rotatable bonds is 5. The van der Waals surface area contributed by atoms with Crippen molar-refractivity contribution in [1.29, 1.82) is 0 Å². The molecule has 0 fully saturated rings. The lowest BCUT2D eigenvalue weighted by molar-refractivity contribution is 1.15. The van der Waals surface area contributed by atoms with Crippen LogP contribution in [0.1, 0.15) is 5.56 Å². The molecule has 0 radical (unpaired) electrons. The Hall–Kier alpha value is -6.06. The first kappa shape index (κ1) is 26.4. The molecule has 0 aliphatic carbocycles. The van der Waals surface area contributed by atoms with Crippen molar-refractivity contribution in [2.45, 2.75) is 6.92 Å². The summed E-state index contributed by atoms with van der Waals surface area (Å²) in [7, 11) is 0. The number of fused-ring (bicyclic) bond motifs is 6. The normalized spacial score (nSPS) is 11.6. The standard InChI is InChI=1S/C43H31N3/c1-29-13-2-3-16-33(29)34-17-4-8-21-39(34)44-30-14-12-15-31(27-30)46-42-24-11-7-20-37(42)38-26-25-32(28-43(38)46)45-40-22-9-5-18-35(40)36-19-6-10-23-41(36)45/h2-28,44H,1H3. The van der Waals surface area contributed by atoms with Gasteiger partial charge in [0.25, 0.3) is 0 Å². The molecule has 2 heterocycles. The highest BCUT2D eigenvalue weighted by atomic mass is 15.0. The van der Waals surface area contributed by atoms with Gasteiger partial charge in [-0.2, -0.15) is 0 Å². The maximum atomic E-state index is 3.75. The van der Waals surface area contributed by atoms with Crippen LogP contribution in [0.5, 0.6) is 0 Å². The molecule has 7 aromatic carbocycles. The fourth-order valence-electron chi connectivity index (χ4n) is 7.16. The van der Waals surface area contributed by atoms with Gasteiger partial charge in [0.2, 0.25) is 0 Å². The van der Waals surface area contributed by atoms with Crippen molar-refractivity contribution >= 4 is 55.0 Å². The van der Waals surface area contributed by atoms with Gasteiger partial charge in [0.15, 0.2) is 0 Å². The molecule has 0 spiro atoms. The summed E-state index contributed by atoms with van der Waals surface area (Å²) in [6, 6.07) is 58.9. The van der Waals surface area contributed by atoms with Crippen LogP contribution >= 0.6 is 0 Å². The highest BCUT2D eigenvalue weighted by molar-refractivity contribution is 6.12. The number of aromatic nitrogens is 2. The summed E-state index contributed by atoms with van der Waals surface area (Å²) in [6.07, 6.45) is 0. The second-order valence-electron chi connectivity index (χ2n) is 12.0. The Morgan fingerprint density at radius 2 is 0.913 bits per heavy atom. The van der Waals surface area contributed by atoms with Gasteiger partial charge in [-0.05, 0) is 72.6 Å². The van der Waals surface area contributed by atoms with Crippen molar-refractivity contribution in [3.63, 3.8) is 0 Å². The van der Waals surface area contributed by atoms with Crippen molar-refractivity contribution in [2.24, 2.45) is 0 Å². The second kappa shape index (κ2) is 10.5. The van der Waals surface area contributed by atoms with Crippen LogP contribution in [0.3, 0.4) is 0 Å². The van der Waals surface area contributed by atoms with E-state index in [-0.39, 0.29) is 0 Å². The summed E-state index contributed by atoms with van der Waals surface area (Å²) >= 11 is 0. The second-order valence-corrected chi connectivity index (χ2v) is 12.0.